The van der Waals surface area contributed by atoms with Crippen LogP contribution in [0.2, 0.25) is 0 Å². The number of nitrogens with zero attached hydrogens (tertiary/aromatic N) is 1. The maximum Gasteiger partial charge on any atom is 0.246 e. The Labute approximate surface area is 100 Å². The number of benzene rings is 1. The Morgan fingerprint density at radius 3 is 2.71 bits per heavy atom. The van der Waals surface area contributed by atoms with Gasteiger partial charge < -0.3 is 15.8 Å². The highest BCUT2D eigenvalue weighted by Gasteiger charge is 2.01. The highest BCUT2D eigenvalue weighted by atomic mass is 16.5. The van der Waals surface area contributed by atoms with Crippen molar-refractivity contribution >= 4 is 5.91 Å². The highest BCUT2D eigenvalue weighted by Crippen LogP contribution is 2.02. The van der Waals surface area contributed by atoms with Crippen LogP contribution in [0.5, 0.6) is 0 Å². The predicted molar refractivity (Wildman–Crippen MR) is 62.9 cm³/mol. The van der Waals surface area contributed by atoms with E-state index in [0.29, 0.717) is 25.3 Å². The van der Waals surface area contributed by atoms with Crippen LogP contribution in [0.1, 0.15) is 11.1 Å². The molecule has 0 aromatic heterocycles. The summed E-state index contributed by atoms with van der Waals surface area (Å²) < 4.78 is 4.99. The van der Waals surface area contributed by atoms with Gasteiger partial charge in [0, 0.05) is 13.1 Å². The van der Waals surface area contributed by atoms with Crippen molar-refractivity contribution in [1.29, 1.82) is 5.26 Å². The number of ether oxygens (including phenoxy) is 1. The molecule has 0 spiro atoms. The summed E-state index contributed by atoms with van der Waals surface area (Å²) in [4.78, 5) is 11.3. The van der Waals surface area contributed by atoms with Gasteiger partial charge in [-0.15, -0.1) is 0 Å². The molecule has 0 unspecified atom stereocenters. The van der Waals surface area contributed by atoms with E-state index < -0.39 is 0 Å². The van der Waals surface area contributed by atoms with Crippen LogP contribution in [0.25, 0.3) is 0 Å². The fourth-order valence-electron chi connectivity index (χ4n) is 1.20. The number of nitrogens with two attached hydrogens (primary N) is 1. The molecule has 1 rings (SSSR count). The monoisotopic (exact) mass is 233 g/mol. The molecule has 0 saturated carbocycles. The number of rotatable bonds is 6. The molecule has 0 aliphatic carbocycles. The number of nitriles is 1. The van der Waals surface area contributed by atoms with Gasteiger partial charge >= 0.3 is 0 Å². The standard InChI is InChI=1S/C12H15N3O2/c13-5-6-17-9-12(16)15-8-11-3-1-10(7-14)2-4-11/h1-4H,5-6,8-9,13H2,(H,15,16). The number of amides is 1. The van der Waals surface area contributed by atoms with Gasteiger partial charge in [-0.05, 0) is 17.7 Å². The minimum absolute atomic E-state index is 0.0213. The van der Waals surface area contributed by atoms with Crippen molar-refractivity contribution in [3.63, 3.8) is 0 Å². The number of carbonyl (C=O) groups excluding carboxylic acids is 1. The number of carbonyl (C=O) groups is 1. The van der Waals surface area contributed by atoms with Crippen molar-refractivity contribution in [3.8, 4) is 6.07 Å². The summed E-state index contributed by atoms with van der Waals surface area (Å²) in [6.45, 7) is 1.23. The van der Waals surface area contributed by atoms with Crippen molar-refractivity contribution < 1.29 is 9.53 Å². The molecule has 0 saturated heterocycles. The fraction of sp³-hybridized carbons (Fsp3) is 0.333. The van der Waals surface area contributed by atoms with Gasteiger partial charge in [0.05, 0.1) is 18.2 Å². The third-order valence-electron chi connectivity index (χ3n) is 2.07. The molecule has 1 aromatic rings. The molecule has 0 aliphatic rings. The fourth-order valence-corrected chi connectivity index (χ4v) is 1.20. The topological polar surface area (TPSA) is 88.1 Å². The van der Waals surface area contributed by atoms with Gasteiger partial charge in [-0.1, -0.05) is 12.1 Å². The number of hydrogen-bond acceptors (Lipinski definition) is 4. The smallest absolute Gasteiger partial charge is 0.246 e. The summed E-state index contributed by atoms with van der Waals surface area (Å²) in [5, 5.41) is 11.3. The molecule has 1 amide bonds. The van der Waals surface area contributed by atoms with E-state index in [1.54, 1.807) is 24.3 Å². The van der Waals surface area contributed by atoms with Crippen molar-refractivity contribution in [1.82, 2.24) is 5.32 Å². The van der Waals surface area contributed by atoms with Gasteiger partial charge in [0.2, 0.25) is 5.91 Å². The number of hydrogen-bond donors (Lipinski definition) is 2. The van der Waals surface area contributed by atoms with E-state index >= 15 is 0 Å². The highest BCUT2D eigenvalue weighted by molar-refractivity contribution is 5.77. The Morgan fingerprint density at radius 1 is 1.41 bits per heavy atom. The summed E-state index contributed by atoms with van der Waals surface area (Å²) in [6.07, 6.45) is 0. The molecule has 5 nitrogen and oxygen atoms in total. The van der Waals surface area contributed by atoms with Gasteiger partial charge in [-0.25, -0.2) is 0 Å². The van der Waals surface area contributed by atoms with E-state index in [9.17, 15) is 4.79 Å². The second-order valence-corrected chi connectivity index (χ2v) is 3.43. The Bertz CT molecular complexity index is 395. The van der Waals surface area contributed by atoms with Gasteiger partial charge in [0.1, 0.15) is 6.61 Å². The Kier molecular flexibility index (Phi) is 5.72. The zero-order chi connectivity index (χ0) is 12.5. The molecule has 0 radical (unpaired) electrons. The first kappa shape index (κ1) is 13.2. The first-order valence-corrected chi connectivity index (χ1v) is 5.30. The van der Waals surface area contributed by atoms with Crippen LogP contribution in [-0.4, -0.2) is 25.7 Å². The van der Waals surface area contributed by atoms with Crippen LogP contribution >= 0.6 is 0 Å². The first-order chi connectivity index (χ1) is 8.26. The average Bonchev–Trinajstić information content (AvgIpc) is 2.37. The Morgan fingerprint density at radius 2 is 2.12 bits per heavy atom. The maximum absolute atomic E-state index is 11.3. The van der Waals surface area contributed by atoms with Gasteiger partial charge in [0.15, 0.2) is 0 Å². The average molecular weight is 233 g/mol. The lowest BCUT2D eigenvalue weighted by molar-refractivity contribution is -0.125. The third kappa shape index (κ3) is 5.11. The molecule has 0 atom stereocenters. The summed E-state index contributed by atoms with van der Waals surface area (Å²) in [5.74, 6) is -0.178. The second-order valence-electron chi connectivity index (χ2n) is 3.43. The summed E-state index contributed by atoms with van der Waals surface area (Å²) >= 11 is 0. The first-order valence-electron chi connectivity index (χ1n) is 5.30. The molecule has 0 fully saturated rings. The summed E-state index contributed by atoms with van der Waals surface area (Å²) in [6, 6.07) is 9.07. The lowest BCUT2D eigenvalue weighted by atomic mass is 10.1. The Balaban J connectivity index is 2.30. The quantitative estimate of drug-likeness (QED) is 0.684. The molecule has 90 valence electrons. The van der Waals surface area contributed by atoms with Crippen molar-refractivity contribution in [2.75, 3.05) is 19.8 Å². The Hall–Kier alpha value is -1.90. The van der Waals surface area contributed by atoms with Crippen LogP contribution in [0.15, 0.2) is 24.3 Å². The van der Waals surface area contributed by atoms with E-state index in [1.807, 2.05) is 6.07 Å². The zero-order valence-electron chi connectivity index (χ0n) is 9.48. The van der Waals surface area contributed by atoms with Crippen LogP contribution in [0.3, 0.4) is 0 Å². The van der Waals surface area contributed by atoms with Gasteiger partial charge in [-0.2, -0.15) is 5.26 Å². The van der Waals surface area contributed by atoms with E-state index in [4.69, 9.17) is 15.7 Å². The summed E-state index contributed by atoms with van der Waals surface area (Å²) in [5.41, 5.74) is 6.77. The van der Waals surface area contributed by atoms with Gasteiger partial charge in [0.25, 0.3) is 0 Å². The molecule has 3 N–H and O–H groups in total. The van der Waals surface area contributed by atoms with Crippen LogP contribution in [0.4, 0.5) is 0 Å². The lowest BCUT2D eigenvalue weighted by Gasteiger charge is -2.05. The minimum atomic E-state index is -0.178. The molecule has 0 heterocycles. The SMILES string of the molecule is N#Cc1ccc(CNC(=O)COCCN)cc1. The largest absolute Gasteiger partial charge is 0.370 e. The second kappa shape index (κ2) is 7.39. The third-order valence-corrected chi connectivity index (χ3v) is 2.07. The minimum Gasteiger partial charge on any atom is -0.370 e. The van der Waals surface area contributed by atoms with E-state index in [2.05, 4.69) is 5.32 Å². The predicted octanol–water partition coefficient (Wildman–Crippen LogP) is 0.150. The van der Waals surface area contributed by atoms with Crippen LogP contribution in [0, 0.1) is 11.3 Å². The van der Waals surface area contributed by atoms with Crippen molar-refractivity contribution in [2.24, 2.45) is 5.73 Å². The maximum atomic E-state index is 11.3. The molecule has 1 aromatic carbocycles. The molecule has 5 heteroatoms. The molecule has 0 bridgehead atoms. The van der Waals surface area contributed by atoms with E-state index in [0.717, 1.165) is 5.56 Å². The van der Waals surface area contributed by atoms with Crippen molar-refractivity contribution in [3.05, 3.63) is 35.4 Å². The number of nitrogens with one attached hydrogen (secondary N) is 1. The molecule has 17 heavy (non-hydrogen) atoms. The van der Waals surface area contributed by atoms with E-state index in [-0.39, 0.29) is 12.5 Å². The van der Waals surface area contributed by atoms with Gasteiger partial charge in [-0.3, -0.25) is 4.79 Å². The van der Waals surface area contributed by atoms with Crippen molar-refractivity contribution in [2.45, 2.75) is 6.54 Å². The zero-order valence-corrected chi connectivity index (χ0v) is 9.48. The summed E-state index contributed by atoms with van der Waals surface area (Å²) in [7, 11) is 0. The lowest BCUT2D eigenvalue weighted by Crippen LogP contribution is -2.28. The molecular weight excluding hydrogens is 218 g/mol. The molecular formula is C12H15N3O2. The van der Waals surface area contributed by atoms with Crippen LogP contribution in [-0.2, 0) is 16.1 Å². The normalized spacial score (nSPS) is 9.65. The molecule has 0 aliphatic heterocycles. The van der Waals surface area contributed by atoms with Crippen LogP contribution < -0.4 is 11.1 Å². The van der Waals surface area contributed by atoms with E-state index in [1.165, 1.54) is 0 Å².